The van der Waals surface area contributed by atoms with E-state index in [1.54, 1.807) is 6.20 Å². The van der Waals surface area contributed by atoms with Gasteiger partial charge in [-0.2, -0.15) is 40.5 Å². The first kappa shape index (κ1) is 46.2. The summed E-state index contributed by atoms with van der Waals surface area (Å²) < 4.78 is 4.30. The quantitative estimate of drug-likeness (QED) is 0.141. The number of aromatic nitrogens is 9. The van der Waals surface area contributed by atoms with Gasteiger partial charge in [-0.15, -0.1) is 5.10 Å². The van der Waals surface area contributed by atoms with Gasteiger partial charge in [-0.3, -0.25) is 4.98 Å². The minimum Gasteiger partial charge on any atom is -0.321 e. The summed E-state index contributed by atoms with van der Waals surface area (Å²) in [6.45, 7) is 24.1. The molecule has 0 spiro atoms. The van der Waals surface area contributed by atoms with Gasteiger partial charge in [0.05, 0.1) is 11.9 Å². The zero-order valence-electron chi connectivity index (χ0n) is 34.5. The van der Waals surface area contributed by atoms with E-state index in [4.69, 9.17) is 0 Å². The third-order valence-corrected chi connectivity index (χ3v) is 7.92. The van der Waals surface area contributed by atoms with E-state index in [0.29, 0.717) is 0 Å². The molecule has 0 saturated heterocycles. The fourth-order valence-electron chi connectivity index (χ4n) is 4.83. The minimum absolute atomic E-state index is 0. The van der Waals surface area contributed by atoms with Crippen molar-refractivity contribution in [2.45, 2.75) is 83.1 Å². The number of rotatable bonds is 0. The van der Waals surface area contributed by atoms with Crippen LogP contribution in [0.2, 0.25) is 0 Å². The van der Waals surface area contributed by atoms with E-state index in [0.717, 1.165) is 34.2 Å². The number of hydrogen-bond donors (Lipinski definition) is 0. The third kappa shape index (κ3) is 16.5. The molecule has 0 N–H and O–H groups in total. The fourth-order valence-corrected chi connectivity index (χ4v) is 4.83. The van der Waals surface area contributed by atoms with Crippen LogP contribution in [0.3, 0.4) is 0 Å². The molecule has 0 aliphatic carbocycles. The molecule has 7 aromatic heterocycles. The Balaban J connectivity index is 0.000000229. The summed E-state index contributed by atoms with van der Waals surface area (Å²) in [7, 11) is 0. The molecule has 0 atom stereocenters. The Morgan fingerprint density at radius 2 is 1.13 bits per heavy atom. The summed E-state index contributed by atoms with van der Waals surface area (Å²) in [5.74, 6) is 1.55. The van der Waals surface area contributed by atoms with E-state index < -0.39 is 0 Å². The van der Waals surface area contributed by atoms with Crippen LogP contribution >= 0.6 is 0 Å². The predicted molar refractivity (Wildman–Crippen MR) is 221 cm³/mol. The molecule has 8 rings (SSSR count). The maximum absolute atomic E-state index is 4.24. The van der Waals surface area contributed by atoms with Gasteiger partial charge in [0.2, 0.25) is 0 Å². The van der Waals surface area contributed by atoms with Gasteiger partial charge in [0.25, 0.3) is 0 Å². The number of imidazole rings is 1. The number of hydrogen-bond acceptors (Lipinski definition) is 7. The molecule has 0 aliphatic heterocycles. The van der Waals surface area contributed by atoms with Gasteiger partial charge in [0, 0.05) is 92.5 Å². The van der Waals surface area contributed by atoms with Gasteiger partial charge in [0.15, 0.2) is 0 Å². The molecule has 9 nitrogen and oxygen atoms in total. The molecule has 0 aliphatic rings. The van der Waals surface area contributed by atoms with E-state index >= 15 is 0 Å². The van der Waals surface area contributed by atoms with Crippen LogP contribution in [0, 0.1) is 89.2 Å². The second kappa shape index (κ2) is 23.7. The molecular formula is C45H54N9Y-. The largest absolute Gasteiger partial charge is 0.321 e. The van der Waals surface area contributed by atoms with Crippen molar-refractivity contribution in [3.63, 3.8) is 0 Å². The van der Waals surface area contributed by atoms with Crippen molar-refractivity contribution in [2.75, 3.05) is 0 Å². The van der Waals surface area contributed by atoms with Crippen LogP contribution in [0.25, 0.3) is 11.2 Å². The van der Waals surface area contributed by atoms with Crippen molar-refractivity contribution in [1.29, 1.82) is 0 Å². The molecule has 1 radical (unpaired) electrons. The first-order chi connectivity index (χ1) is 25.7. The van der Waals surface area contributed by atoms with Crippen molar-refractivity contribution in [3.8, 4) is 0 Å². The summed E-state index contributed by atoms with van der Waals surface area (Å²) in [6.07, 6.45) is 13.1. The van der Waals surface area contributed by atoms with Crippen LogP contribution in [0.15, 0.2) is 110 Å². The van der Waals surface area contributed by atoms with Crippen molar-refractivity contribution < 1.29 is 32.7 Å². The number of nitrogens with zero attached hydrogens (tertiary/aromatic N) is 9. The molecule has 0 amide bonds. The SMILES string of the molecule is Cc1[c-]ccc(C)c1.Cc1ccc(C)n2cccc12.Cc1ccc(C)n2ccnc12.Cc1ccc(C)nc1.Cc1cnc(C)nc1.Cc1cnc(C)nn1.[Y]. The smallest absolute Gasteiger partial charge is 0.147 e. The van der Waals surface area contributed by atoms with E-state index in [1.807, 2.05) is 97.6 Å². The average Bonchev–Trinajstić information content (AvgIpc) is 3.86. The van der Waals surface area contributed by atoms with Crippen molar-refractivity contribution in [2.24, 2.45) is 0 Å². The Bertz CT molecular complexity index is 1960. The first-order valence-corrected chi connectivity index (χ1v) is 17.9. The minimum atomic E-state index is 0. The van der Waals surface area contributed by atoms with Gasteiger partial charge in [0.1, 0.15) is 17.3 Å². The van der Waals surface area contributed by atoms with Crippen LogP contribution in [0.5, 0.6) is 0 Å². The van der Waals surface area contributed by atoms with Crippen LogP contribution in [-0.4, -0.2) is 43.9 Å². The van der Waals surface area contributed by atoms with E-state index in [9.17, 15) is 0 Å². The molecule has 0 saturated carbocycles. The van der Waals surface area contributed by atoms with Crippen molar-refractivity contribution in [1.82, 2.24) is 43.9 Å². The fraction of sp³-hybridized carbons (Fsp3) is 0.267. The number of benzene rings is 1. The Kier molecular flexibility index (Phi) is 19.9. The molecule has 55 heavy (non-hydrogen) atoms. The molecule has 10 heteroatoms. The zero-order chi connectivity index (χ0) is 39.6. The monoisotopic (exact) mass is 809 g/mol. The Morgan fingerprint density at radius 1 is 0.491 bits per heavy atom. The average molecular weight is 810 g/mol. The van der Waals surface area contributed by atoms with Crippen molar-refractivity contribution in [3.05, 3.63) is 184 Å². The normalized spacial score (nSPS) is 9.67. The Labute approximate surface area is 352 Å². The summed E-state index contributed by atoms with van der Waals surface area (Å²) in [5, 5.41) is 7.48. The Hall–Kier alpha value is -4.99. The number of fused-ring (bicyclic) bond motifs is 2. The van der Waals surface area contributed by atoms with E-state index in [-0.39, 0.29) is 32.7 Å². The standard InChI is InChI=1S/C10H11N.C9H10N2.C8H9.C7H9N.C6H8N2.C5H7N3.Y/c1-8-5-6-9(2)11-7-3-4-10(8)11;1-7-3-4-8(2)11-6-5-10-9(7)11;1-7-4-3-5-8(2)6-7;1-6-3-4-7(2)8-5-6;1-5-3-7-6(2)8-4-5;1-4-3-6-5(2)8-7-4;/h3-7H,1-2H3;3-6H,1-2H3;3-4,6H,1-2H3;3-5H,1-2H3;3-4H,1-2H3;3H,1-2H3;/q;;-1;;;;. The predicted octanol–water partition coefficient (Wildman–Crippen LogP) is 9.89. The van der Waals surface area contributed by atoms with Gasteiger partial charge in [-0.05, 0) is 122 Å². The molecule has 0 fully saturated rings. The van der Waals surface area contributed by atoms with Gasteiger partial charge in [-0.25, -0.2) is 19.9 Å². The zero-order valence-corrected chi connectivity index (χ0v) is 37.3. The van der Waals surface area contributed by atoms with Gasteiger partial charge < -0.3 is 8.80 Å². The molecule has 7 heterocycles. The first-order valence-electron chi connectivity index (χ1n) is 17.9. The third-order valence-electron chi connectivity index (χ3n) is 7.92. The van der Waals surface area contributed by atoms with E-state index in [1.165, 1.54) is 44.7 Å². The second-order valence-corrected chi connectivity index (χ2v) is 13.2. The molecule has 283 valence electrons. The topological polar surface area (TPSA) is 99.1 Å². The van der Waals surface area contributed by atoms with Gasteiger partial charge >= 0.3 is 0 Å². The summed E-state index contributed by atoms with van der Waals surface area (Å²) in [5.41, 5.74) is 14.2. The summed E-state index contributed by atoms with van der Waals surface area (Å²) in [6, 6.07) is 26.0. The van der Waals surface area contributed by atoms with Crippen LogP contribution in [-0.2, 0) is 32.7 Å². The number of aryl methyl sites for hydroxylation is 12. The van der Waals surface area contributed by atoms with E-state index in [2.05, 4.69) is 139 Å². The molecule has 1 aromatic carbocycles. The number of pyridine rings is 3. The summed E-state index contributed by atoms with van der Waals surface area (Å²) >= 11 is 0. The van der Waals surface area contributed by atoms with Crippen LogP contribution < -0.4 is 0 Å². The molecule has 8 aromatic rings. The summed E-state index contributed by atoms with van der Waals surface area (Å²) in [4.78, 5) is 20.2. The second-order valence-electron chi connectivity index (χ2n) is 13.2. The van der Waals surface area contributed by atoms with Crippen LogP contribution in [0.4, 0.5) is 0 Å². The van der Waals surface area contributed by atoms with Crippen LogP contribution in [0.1, 0.15) is 67.8 Å². The Morgan fingerprint density at radius 3 is 1.62 bits per heavy atom. The maximum Gasteiger partial charge on any atom is 0.147 e. The molecular weight excluding hydrogens is 755 g/mol. The molecule has 0 bridgehead atoms. The molecule has 0 unspecified atom stereocenters. The van der Waals surface area contributed by atoms with Gasteiger partial charge in [-0.1, -0.05) is 32.0 Å². The maximum atomic E-state index is 4.24. The van der Waals surface area contributed by atoms with Crippen molar-refractivity contribution >= 4 is 11.2 Å².